The average Bonchev–Trinajstić information content (AvgIpc) is 3.29. The summed E-state index contributed by atoms with van der Waals surface area (Å²) in [6.07, 6.45) is 4.69. The Morgan fingerprint density at radius 2 is 1.57 bits per heavy atom. The second-order valence-electron chi connectivity index (χ2n) is 10.9. The van der Waals surface area contributed by atoms with Crippen molar-refractivity contribution in [2.45, 2.75) is 95.7 Å². The third-order valence-electron chi connectivity index (χ3n) is 8.01. The Labute approximate surface area is 231 Å². The summed E-state index contributed by atoms with van der Waals surface area (Å²) in [6, 6.07) is 9.00. The summed E-state index contributed by atoms with van der Waals surface area (Å²) in [4.78, 5) is 18.8. The van der Waals surface area contributed by atoms with Gasteiger partial charge in [0, 0.05) is 6.04 Å². The van der Waals surface area contributed by atoms with E-state index in [1.54, 1.807) is 13.0 Å². The molecule has 0 spiro atoms. The van der Waals surface area contributed by atoms with E-state index in [2.05, 4.69) is 10.1 Å². The van der Waals surface area contributed by atoms with Crippen molar-refractivity contribution in [1.29, 1.82) is 0 Å². The number of hydrogen-bond acceptors (Lipinski definition) is 4. The molecule has 40 heavy (non-hydrogen) atoms. The first kappa shape index (κ1) is 28.2. The lowest BCUT2D eigenvalue weighted by molar-refractivity contribution is -0.274. The van der Waals surface area contributed by atoms with E-state index in [1.807, 2.05) is 4.57 Å². The molecule has 2 saturated carbocycles. The smallest absolute Gasteiger partial charge is 0.483 e. The monoisotopic (exact) mass is 561 g/mol. The molecule has 2 aromatic carbocycles. The van der Waals surface area contributed by atoms with Crippen LogP contribution in [0.1, 0.15) is 89.1 Å². The van der Waals surface area contributed by atoms with E-state index in [1.165, 1.54) is 42.8 Å². The van der Waals surface area contributed by atoms with Gasteiger partial charge >= 0.3 is 6.36 Å². The van der Waals surface area contributed by atoms with E-state index in [0.29, 0.717) is 22.6 Å². The van der Waals surface area contributed by atoms with Crippen LogP contribution in [0, 0.1) is 11.7 Å². The van der Waals surface area contributed by atoms with Crippen molar-refractivity contribution in [3.8, 4) is 11.5 Å². The number of rotatable bonds is 8. The normalized spacial score (nSPS) is 18.8. The number of carbonyl (C=O) groups is 1. The van der Waals surface area contributed by atoms with Crippen LogP contribution in [0.25, 0.3) is 11.0 Å². The van der Waals surface area contributed by atoms with Gasteiger partial charge in [-0.15, -0.1) is 13.2 Å². The van der Waals surface area contributed by atoms with Crippen LogP contribution in [0.4, 0.5) is 17.6 Å². The van der Waals surface area contributed by atoms with Crippen LogP contribution in [0.2, 0.25) is 0 Å². The molecule has 1 heterocycles. The molecule has 2 atom stereocenters. The molecular formula is C30H35F4N3O3. The maximum Gasteiger partial charge on any atom is 0.573 e. The zero-order valence-electron chi connectivity index (χ0n) is 22.6. The molecule has 1 aromatic heterocycles. The molecule has 1 amide bonds. The van der Waals surface area contributed by atoms with Crippen molar-refractivity contribution >= 4 is 16.9 Å². The van der Waals surface area contributed by atoms with Gasteiger partial charge in [-0.05, 0) is 81.0 Å². The first-order valence-corrected chi connectivity index (χ1v) is 14.2. The van der Waals surface area contributed by atoms with Gasteiger partial charge in [0.15, 0.2) is 11.9 Å². The van der Waals surface area contributed by atoms with Gasteiger partial charge in [0.25, 0.3) is 0 Å². The average molecular weight is 562 g/mol. The number of nitrogens with one attached hydrogen (secondary N) is 1. The number of aromatic nitrogens is 2. The van der Waals surface area contributed by atoms with Crippen molar-refractivity contribution in [2.75, 3.05) is 0 Å². The zero-order valence-corrected chi connectivity index (χ0v) is 22.6. The van der Waals surface area contributed by atoms with Gasteiger partial charge < -0.3 is 19.4 Å². The number of halogens is 4. The first-order valence-electron chi connectivity index (χ1n) is 14.2. The van der Waals surface area contributed by atoms with Crippen LogP contribution in [0.3, 0.4) is 0 Å². The maximum atomic E-state index is 14.5. The highest BCUT2D eigenvalue weighted by Crippen LogP contribution is 2.38. The van der Waals surface area contributed by atoms with Crippen LogP contribution in [0.15, 0.2) is 42.5 Å². The van der Waals surface area contributed by atoms with Crippen LogP contribution >= 0.6 is 0 Å². The quantitative estimate of drug-likeness (QED) is 0.285. The zero-order chi connectivity index (χ0) is 28.3. The summed E-state index contributed by atoms with van der Waals surface area (Å²) >= 11 is 0. The standard InChI is InChI=1S/C30H35F4N3O3/c1-19(39-23-13-15-24(16-14-23)40-30(32,33)34)28-36-25-17-12-21(31)18-26(25)37(28)27(20-8-4-2-5-9-20)29(38)35-22-10-6-3-7-11-22/h12-20,22,27H,2-11H2,1H3,(H,35,38). The van der Waals surface area contributed by atoms with Gasteiger partial charge in [-0.2, -0.15) is 0 Å². The van der Waals surface area contributed by atoms with Crippen molar-refractivity contribution in [3.05, 3.63) is 54.1 Å². The lowest BCUT2D eigenvalue weighted by Crippen LogP contribution is -2.44. The number of hydrogen-bond donors (Lipinski definition) is 1. The molecule has 1 N–H and O–H groups in total. The second-order valence-corrected chi connectivity index (χ2v) is 10.9. The Hall–Kier alpha value is -3.30. The van der Waals surface area contributed by atoms with E-state index in [-0.39, 0.29) is 23.6 Å². The summed E-state index contributed by atoms with van der Waals surface area (Å²) in [5.41, 5.74) is 1.07. The number of carbonyl (C=O) groups excluding carboxylic acids is 1. The van der Waals surface area contributed by atoms with Crippen LogP contribution < -0.4 is 14.8 Å². The van der Waals surface area contributed by atoms with Crippen molar-refractivity contribution in [3.63, 3.8) is 0 Å². The topological polar surface area (TPSA) is 65.4 Å². The van der Waals surface area contributed by atoms with E-state index in [4.69, 9.17) is 9.72 Å². The Balaban J connectivity index is 1.50. The molecule has 5 rings (SSSR count). The Morgan fingerprint density at radius 3 is 2.23 bits per heavy atom. The molecule has 6 nitrogen and oxygen atoms in total. The van der Waals surface area contributed by atoms with Crippen LogP contribution in [-0.4, -0.2) is 27.9 Å². The van der Waals surface area contributed by atoms with E-state index in [0.717, 1.165) is 57.8 Å². The highest BCUT2D eigenvalue weighted by molar-refractivity contribution is 5.85. The molecule has 0 radical (unpaired) electrons. The molecule has 2 unspecified atom stereocenters. The first-order chi connectivity index (χ1) is 19.2. The fourth-order valence-corrected chi connectivity index (χ4v) is 6.17. The molecule has 2 fully saturated rings. The second kappa shape index (κ2) is 12.1. The van der Waals surface area contributed by atoms with Crippen molar-refractivity contribution in [2.24, 2.45) is 5.92 Å². The maximum absolute atomic E-state index is 14.5. The van der Waals surface area contributed by atoms with E-state index in [9.17, 15) is 22.4 Å². The number of ether oxygens (including phenoxy) is 2. The minimum atomic E-state index is -4.79. The molecule has 216 valence electrons. The highest BCUT2D eigenvalue weighted by Gasteiger charge is 2.36. The van der Waals surface area contributed by atoms with Crippen molar-refractivity contribution < 1.29 is 31.8 Å². The predicted octanol–water partition coefficient (Wildman–Crippen LogP) is 7.78. The lowest BCUT2D eigenvalue weighted by atomic mass is 9.82. The van der Waals surface area contributed by atoms with Gasteiger partial charge in [-0.25, -0.2) is 9.37 Å². The minimum Gasteiger partial charge on any atom is -0.483 e. The molecule has 2 aliphatic carbocycles. The third-order valence-corrected chi connectivity index (χ3v) is 8.01. The third kappa shape index (κ3) is 6.70. The Bertz CT molecular complexity index is 1300. The largest absolute Gasteiger partial charge is 0.573 e. The molecule has 3 aromatic rings. The molecule has 0 bridgehead atoms. The summed E-state index contributed by atoms with van der Waals surface area (Å²) in [5.74, 6) is -0.0263. The summed E-state index contributed by atoms with van der Waals surface area (Å²) < 4.78 is 64.1. The number of amides is 1. The van der Waals surface area contributed by atoms with Gasteiger partial charge in [0.05, 0.1) is 11.0 Å². The lowest BCUT2D eigenvalue weighted by Gasteiger charge is -2.34. The summed E-state index contributed by atoms with van der Waals surface area (Å²) in [6.45, 7) is 1.77. The molecule has 0 saturated heterocycles. The fraction of sp³-hybridized carbons (Fsp3) is 0.533. The summed E-state index contributed by atoms with van der Waals surface area (Å²) in [7, 11) is 0. The SMILES string of the molecule is CC(Oc1ccc(OC(F)(F)F)cc1)c1nc2ccc(F)cc2n1C(C(=O)NC1CCCCC1)C1CCCCC1. The number of fused-ring (bicyclic) bond motifs is 1. The van der Waals surface area contributed by atoms with E-state index >= 15 is 0 Å². The Kier molecular flexibility index (Phi) is 8.51. The van der Waals surface area contributed by atoms with Crippen molar-refractivity contribution in [1.82, 2.24) is 14.9 Å². The number of alkyl halides is 3. The summed E-state index contributed by atoms with van der Waals surface area (Å²) in [5, 5.41) is 3.30. The Morgan fingerprint density at radius 1 is 0.950 bits per heavy atom. The van der Waals surface area contributed by atoms with Gasteiger partial charge in [-0.3, -0.25) is 4.79 Å². The number of nitrogens with zero attached hydrogens (tertiary/aromatic N) is 2. The fourth-order valence-electron chi connectivity index (χ4n) is 6.17. The number of benzene rings is 2. The number of imidazole rings is 1. The molecule has 10 heteroatoms. The molecule has 2 aliphatic rings. The van der Waals surface area contributed by atoms with Gasteiger partial charge in [0.2, 0.25) is 5.91 Å². The predicted molar refractivity (Wildman–Crippen MR) is 142 cm³/mol. The molecule has 0 aliphatic heterocycles. The van der Waals surface area contributed by atoms with Gasteiger partial charge in [0.1, 0.15) is 23.4 Å². The minimum absolute atomic E-state index is 0.0581. The molecular weight excluding hydrogens is 526 g/mol. The van der Waals surface area contributed by atoms with Crippen LogP contribution in [-0.2, 0) is 4.79 Å². The van der Waals surface area contributed by atoms with Crippen LogP contribution in [0.5, 0.6) is 11.5 Å². The van der Waals surface area contributed by atoms with E-state index < -0.39 is 24.3 Å². The highest BCUT2D eigenvalue weighted by atomic mass is 19.4. The van der Waals surface area contributed by atoms with Gasteiger partial charge in [-0.1, -0.05) is 38.5 Å².